The van der Waals surface area contributed by atoms with Crippen LogP contribution in [0.15, 0.2) is 66.7 Å². The predicted molar refractivity (Wildman–Crippen MR) is 162 cm³/mol. The highest BCUT2D eigenvalue weighted by molar-refractivity contribution is 5.68. The Morgan fingerprint density at radius 3 is 2.00 bits per heavy atom. The summed E-state index contributed by atoms with van der Waals surface area (Å²) in [7, 11) is 1.56. The summed E-state index contributed by atoms with van der Waals surface area (Å²) in [5.41, 5.74) is 1.48. The molecular weight excluding hydrogens is 480 g/mol. The molecule has 214 valence electrons. The van der Waals surface area contributed by atoms with Gasteiger partial charge in [-0.25, -0.2) is 4.79 Å². The summed E-state index contributed by atoms with van der Waals surface area (Å²) in [6, 6.07) is 23.7. The van der Waals surface area contributed by atoms with Crippen molar-refractivity contribution in [3.63, 3.8) is 0 Å². The Morgan fingerprint density at radius 2 is 1.38 bits per heavy atom. The molecule has 2 saturated carbocycles. The Kier molecular flexibility index (Phi) is 12.7. The molecule has 1 heterocycles. The van der Waals surface area contributed by atoms with Crippen LogP contribution >= 0.6 is 0 Å². The minimum absolute atomic E-state index is 0.0798. The molecule has 2 aromatic rings. The average Bonchev–Trinajstić information content (AvgIpc) is 3.27. The molecule has 0 spiro atoms. The van der Waals surface area contributed by atoms with Gasteiger partial charge >= 0.3 is 6.09 Å². The molecule has 0 bridgehead atoms. The van der Waals surface area contributed by atoms with Crippen molar-refractivity contribution >= 4 is 6.09 Å². The molecule has 0 aromatic heterocycles. The number of methoxy groups -OCH3 is 1. The maximum atomic E-state index is 12.7. The molecule has 3 fully saturated rings. The van der Waals surface area contributed by atoms with E-state index in [4.69, 9.17) is 4.74 Å². The van der Waals surface area contributed by atoms with Gasteiger partial charge in [0.1, 0.15) is 0 Å². The first kappa shape index (κ1) is 29.6. The van der Waals surface area contributed by atoms with Crippen LogP contribution in [0.3, 0.4) is 0 Å². The lowest BCUT2D eigenvalue weighted by Gasteiger charge is -2.36. The smallest absolute Gasteiger partial charge is 0.409 e. The first-order valence-corrected chi connectivity index (χ1v) is 15.9. The Labute approximate surface area is 238 Å². The fourth-order valence-electron chi connectivity index (χ4n) is 7.15. The molecule has 1 saturated heterocycles. The highest BCUT2D eigenvalue weighted by Crippen LogP contribution is 2.35. The second-order valence-corrected chi connectivity index (χ2v) is 12.1. The van der Waals surface area contributed by atoms with Crippen LogP contribution in [-0.2, 0) is 11.2 Å². The van der Waals surface area contributed by atoms with Crippen molar-refractivity contribution in [1.29, 1.82) is 0 Å². The largest absolute Gasteiger partial charge is 0.453 e. The number of carbonyl (C=O) groups excluding carboxylic acids is 1. The SMILES string of the molecule is COC(=O)N(C1CCCCCC1)C1CCC(CN2CCC(CCCc3ccccc3)CC2)C1.c1ccccc1. The predicted octanol–water partition coefficient (Wildman–Crippen LogP) is 8.37. The summed E-state index contributed by atoms with van der Waals surface area (Å²) in [6.07, 6.45) is 17.6. The van der Waals surface area contributed by atoms with Crippen molar-refractivity contribution in [1.82, 2.24) is 9.80 Å². The van der Waals surface area contributed by atoms with Gasteiger partial charge in [-0.1, -0.05) is 98.8 Å². The Hall–Kier alpha value is -2.33. The summed E-state index contributed by atoms with van der Waals surface area (Å²) < 4.78 is 5.25. The third-order valence-corrected chi connectivity index (χ3v) is 9.32. The number of carbonyl (C=O) groups is 1. The molecule has 39 heavy (non-hydrogen) atoms. The zero-order valence-corrected chi connectivity index (χ0v) is 24.4. The molecule has 5 rings (SSSR count). The van der Waals surface area contributed by atoms with E-state index in [1.54, 1.807) is 7.11 Å². The third kappa shape index (κ3) is 9.98. The van der Waals surface area contributed by atoms with Crippen LogP contribution in [0.25, 0.3) is 0 Å². The normalized spacial score (nSPS) is 22.9. The lowest BCUT2D eigenvalue weighted by Crippen LogP contribution is -2.46. The van der Waals surface area contributed by atoms with Gasteiger partial charge in [0.05, 0.1) is 7.11 Å². The second-order valence-electron chi connectivity index (χ2n) is 12.1. The molecule has 2 aliphatic carbocycles. The molecule has 0 radical (unpaired) electrons. The zero-order chi connectivity index (χ0) is 27.1. The van der Waals surface area contributed by atoms with Crippen LogP contribution in [0.1, 0.15) is 89.0 Å². The Balaban J connectivity index is 0.000000519. The van der Waals surface area contributed by atoms with Gasteiger partial charge in [-0.2, -0.15) is 0 Å². The quantitative estimate of drug-likeness (QED) is 0.320. The van der Waals surface area contributed by atoms with Gasteiger partial charge in [-0.05, 0) is 88.3 Å². The van der Waals surface area contributed by atoms with E-state index in [0.29, 0.717) is 12.1 Å². The van der Waals surface area contributed by atoms with E-state index in [-0.39, 0.29) is 6.09 Å². The van der Waals surface area contributed by atoms with Crippen LogP contribution in [-0.4, -0.2) is 54.7 Å². The highest BCUT2D eigenvalue weighted by atomic mass is 16.5. The van der Waals surface area contributed by atoms with E-state index in [9.17, 15) is 4.79 Å². The summed E-state index contributed by atoms with van der Waals surface area (Å²) >= 11 is 0. The third-order valence-electron chi connectivity index (χ3n) is 9.32. The van der Waals surface area contributed by atoms with E-state index >= 15 is 0 Å². The van der Waals surface area contributed by atoms with Gasteiger partial charge in [-0.15, -0.1) is 0 Å². The van der Waals surface area contributed by atoms with Gasteiger partial charge in [0.2, 0.25) is 0 Å². The lowest BCUT2D eigenvalue weighted by molar-refractivity contribution is 0.0752. The van der Waals surface area contributed by atoms with Crippen molar-refractivity contribution in [2.75, 3.05) is 26.7 Å². The number of nitrogens with zero attached hydrogens (tertiary/aromatic N) is 2. The number of rotatable bonds is 8. The first-order chi connectivity index (χ1) is 19.2. The number of hydrogen-bond donors (Lipinski definition) is 0. The van der Waals surface area contributed by atoms with Crippen LogP contribution < -0.4 is 0 Å². The van der Waals surface area contributed by atoms with Crippen LogP contribution in [0.5, 0.6) is 0 Å². The van der Waals surface area contributed by atoms with Crippen molar-refractivity contribution in [2.45, 2.75) is 102 Å². The molecule has 2 aromatic carbocycles. The molecule has 3 aliphatic rings. The molecular formula is C35H52N2O2. The molecule has 4 heteroatoms. The monoisotopic (exact) mass is 532 g/mol. The average molecular weight is 533 g/mol. The van der Waals surface area contributed by atoms with Gasteiger partial charge in [0, 0.05) is 18.6 Å². The summed E-state index contributed by atoms with van der Waals surface area (Å²) in [4.78, 5) is 17.6. The molecule has 4 nitrogen and oxygen atoms in total. The molecule has 2 unspecified atom stereocenters. The Morgan fingerprint density at radius 1 is 0.769 bits per heavy atom. The van der Waals surface area contributed by atoms with E-state index < -0.39 is 0 Å². The number of amides is 1. The number of likely N-dealkylation sites (tertiary alicyclic amines) is 1. The summed E-state index contributed by atoms with van der Waals surface area (Å²) in [5.74, 6) is 1.65. The van der Waals surface area contributed by atoms with Crippen LogP contribution in [0.4, 0.5) is 4.79 Å². The summed E-state index contributed by atoms with van der Waals surface area (Å²) in [5, 5.41) is 0. The minimum atomic E-state index is -0.0798. The van der Waals surface area contributed by atoms with E-state index in [2.05, 4.69) is 40.1 Å². The van der Waals surface area contributed by atoms with Crippen molar-refractivity contribution < 1.29 is 9.53 Å². The van der Waals surface area contributed by atoms with Gasteiger partial charge in [0.15, 0.2) is 0 Å². The lowest BCUT2D eigenvalue weighted by atomic mass is 9.90. The van der Waals surface area contributed by atoms with Gasteiger partial charge in [0.25, 0.3) is 0 Å². The maximum Gasteiger partial charge on any atom is 0.409 e. The zero-order valence-electron chi connectivity index (χ0n) is 24.4. The highest BCUT2D eigenvalue weighted by Gasteiger charge is 2.37. The second kappa shape index (κ2) is 16.7. The van der Waals surface area contributed by atoms with Crippen LogP contribution in [0.2, 0.25) is 0 Å². The first-order valence-electron chi connectivity index (χ1n) is 15.9. The van der Waals surface area contributed by atoms with Gasteiger partial charge < -0.3 is 14.5 Å². The number of aryl methyl sites for hydroxylation is 1. The molecule has 0 N–H and O–H groups in total. The number of hydrogen-bond acceptors (Lipinski definition) is 3. The van der Waals surface area contributed by atoms with E-state index in [1.165, 1.54) is 95.8 Å². The fraction of sp³-hybridized carbons (Fsp3) is 0.629. The van der Waals surface area contributed by atoms with Gasteiger partial charge in [-0.3, -0.25) is 0 Å². The van der Waals surface area contributed by atoms with E-state index in [0.717, 1.165) is 31.1 Å². The molecule has 1 aliphatic heterocycles. The van der Waals surface area contributed by atoms with Crippen molar-refractivity contribution in [2.24, 2.45) is 11.8 Å². The summed E-state index contributed by atoms with van der Waals surface area (Å²) in [6.45, 7) is 3.76. The maximum absolute atomic E-state index is 12.7. The van der Waals surface area contributed by atoms with E-state index in [1.807, 2.05) is 36.4 Å². The number of piperidine rings is 1. The van der Waals surface area contributed by atoms with Crippen molar-refractivity contribution in [3.05, 3.63) is 72.3 Å². The number of benzene rings is 2. The standard InChI is InChI=1S/C29H46N2O2.C6H6/c1-33-29(32)31(27-14-7-2-3-8-15-27)28-17-16-26(22-28)23-30-20-18-25(19-21-30)13-9-12-24-10-5-4-6-11-24;1-2-4-6-5-3-1/h4-6,10-11,25-28H,2-3,7-9,12-23H2,1H3;1-6H. The van der Waals surface area contributed by atoms with Crippen LogP contribution in [0, 0.1) is 11.8 Å². The van der Waals surface area contributed by atoms with Crippen molar-refractivity contribution in [3.8, 4) is 0 Å². The fourth-order valence-corrected chi connectivity index (χ4v) is 7.15. The topological polar surface area (TPSA) is 32.8 Å². The Bertz CT molecular complexity index is 878. The minimum Gasteiger partial charge on any atom is -0.453 e. The molecule has 2 atom stereocenters. The number of ether oxygens (including phenoxy) is 1. The molecule has 1 amide bonds.